The highest BCUT2D eigenvalue weighted by atomic mass is 32.1. The number of benzene rings is 1. The predicted molar refractivity (Wildman–Crippen MR) is 121 cm³/mol. The van der Waals surface area contributed by atoms with Crippen molar-refractivity contribution in [2.24, 2.45) is 5.92 Å². The van der Waals surface area contributed by atoms with E-state index in [1.807, 2.05) is 61.9 Å². The van der Waals surface area contributed by atoms with Gasteiger partial charge in [0.15, 0.2) is 5.76 Å². The smallest absolute Gasteiger partial charge is 0.287 e. The molecule has 5 rings (SSSR count). The van der Waals surface area contributed by atoms with Crippen molar-refractivity contribution in [2.45, 2.75) is 26.8 Å². The largest absolute Gasteiger partial charge is 0.459 e. The van der Waals surface area contributed by atoms with E-state index in [4.69, 9.17) is 8.94 Å². The maximum absolute atomic E-state index is 12.5. The molecule has 9 heteroatoms. The Morgan fingerprint density at radius 3 is 2.69 bits per heavy atom. The Morgan fingerprint density at radius 2 is 1.97 bits per heavy atom. The van der Waals surface area contributed by atoms with Gasteiger partial charge in [0.2, 0.25) is 11.7 Å². The van der Waals surface area contributed by atoms with Crippen molar-refractivity contribution in [2.75, 3.05) is 0 Å². The van der Waals surface area contributed by atoms with Crippen LogP contribution in [-0.4, -0.2) is 25.8 Å². The summed E-state index contributed by atoms with van der Waals surface area (Å²) in [4.78, 5) is 19.0. The molecule has 1 aromatic carbocycles. The van der Waals surface area contributed by atoms with E-state index in [0.29, 0.717) is 11.7 Å². The average molecular weight is 448 g/mol. The molecule has 0 saturated carbocycles. The summed E-state index contributed by atoms with van der Waals surface area (Å²) in [7, 11) is 0. The normalized spacial score (nSPS) is 12.5. The van der Waals surface area contributed by atoms with Crippen LogP contribution in [0.3, 0.4) is 0 Å². The number of fused-ring (bicyclic) bond motifs is 1. The zero-order valence-electron chi connectivity index (χ0n) is 17.8. The second kappa shape index (κ2) is 8.08. The van der Waals surface area contributed by atoms with Crippen molar-refractivity contribution >= 4 is 27.5 Å². The minimum absolute atomic E-state index is 0.0403. The minimum Gasteiger partial charge on any atom is -0.459 e. The molecule has 4 heterocycles. The summed E-state index contributed by atoms with van der Waals surface area (Å²) in [5.41, 5.74) is 1.93. The van der Waals surface area contributed by atoms with E-state index in [1.54, 1.807) is 23.5 Å². The first-order chi connectivity index (χ1) is 15.5. The summed E-state index contributed by atoms with van der Waals surface area (Å²) < 4.78 is 12.7. The van der Waals surface area contributed by atoms with Crippen LogP contribution in [0.4, 0.5) is 0 Å². The molecule has 0 aliphatic heterocycles. The van der Waals surface area contributed by atoms with E-state index in [0.717, 1.165) is 26.5 Å². The fourth-order valence-electron chi connectivity index (χ4n) is 3.50. The Bertz CT molecular complexity index is 1370. The molecule has 0 bridgehead atoms. The highest BCUT2D eigenvalue weighted by molar-refractivity contribution is 7.21. The van der Waals surface area contributed by atoms with Gasteiger partial charge in [0.1, 0.15) is 10.9 Å². The van der Waals surface area contributed by atoms with E-state index >= 15 is 0 Å². The first kappa shape index (κ1) is 20.2. The number of aryl methyl sites for hydroxylation is 1. The van der Waals surface area contributed by atoms with Crippen LogP contribution in [0.1, 0.15) is 42.0 Å². The molecule has 0 radical (unpaired) electrons. The number of hydrogen-bond acceptors (Lipinski definition) is 7. The molecule has 0 spiro atoms. The van der Waals surface area contributed by atoms with Gasteiger partial charge in [-0.2, -0.15) is 10.1 Å². The van der Waals surface area contributed by atoms with Gasteiger partial charge in [-0.05, 0) is 43.2 Å². The minimum atomic E-state index is -0.440. The van der Waals surface area contributed by atoms with Gasteiger partial charge in [-0.25, -0.2) is 4.68 Å². The van der Waals surface area contributed by atoms with Crippen LogP contribution in [0.5, 0.6) is 0 Å². The molecule has 1 atom stereocenters. The highest BCUT2D eigenvalue weighted by Gasteiger charge is 2.27. The topological polar surface area (TPSA) is 99.0 Å². The lowest BCUT2D eigenvalue weighted by atomic mass is 10.0. The first-order valence-corrected chi connectivity index (χ1v) is 11.1. The molecule has 1 N–H and O–H groups in total. The third kappa shape index (κ3) is 3.60. The van der Waals surface area contributed by atoms with Crippen LogP contribution in [0, 0.1) is 12.8 Å². The molecule has 5 aromatic rings. The molecule has 0 saturated heterocycles. The number of nitrogens with zero attached hydrogens (tertiary/aromatic N) is 4. The molecule has 1 amide bonds. The number of para-hydroxylation sites is 1. The molecule has 32 heavy (non-hydrogen) atoms. The first-order valence-electron chi connectivity index (χ1n) is 10.2. The van der Waals surface area contributed by atoms with Crippen molar-refractivity contribution in [3.8, 4) is 16.4 Å². The SMILES string of the molecule is Cc1nn(-c2ccccc2)c2sc(-c3noc([C@H](NC(=O)c4ccco4)C(C)C)n3)cc12. The van der Waals surface area contributed by atoms with Gasteiger partial charge in [0.25, 0.3) is 5.91 Å². The second-order valence-corrected chi connectivity index (χ2v) is 8.82. The summed E-state index contributed by atoms with van der Waals surface area (Å²) in [5, 5.41) is 12.8. The zero-order valence-corrected chi connectivity index (χ0v) is 18.6. The number of thiophene rings is 1. The summed E-state index contributed by atoms with van der Waals surface area (Å²) in [6.07, 6.45) is 1.46. The van der Waals surface area contributed by atoms with Gasteiger partial charge in [0, 0.05) is 5.39 Å². The van der Waals surface area contributed by atoms with Crippen LogP contribution in [0.25, 0.3) is 26.6 Å². The molecule has 0 aliphatic carbocycles. The summed E-state index contributed by atoms with van der Waals surface area (Å²) in [5.74, 6) is 0.792. The van der Waals surface area contributed by atoms with Gasteiger partial charge in [-0.1, -0.05) is 37.2 Å². The summed E-state index contributed by atoms with van der Waals surface area (Å²) >= 11 is 1.55. The standard InChI is InChI=1S/C23H21N5O3S/c1-13(2)19(24-21(29)17-10-7-11-30-17)22-25-20(27-31-22)18-12-16-14(3)26-28(23(16)32-18)15-8-5-4-6-9-15/h4-13,19H,1-3H3,(H,24,29)/t19-/m1/s1. The lowest BCUT2D eigenvalue weighted by Gasteiger charge is -2.17. The fraction of sp³-hybridized carbons (Fsp3) is 0.217. The van der Waals surface area contributed by atoms with Crippen LogP contribution in [0.15, 0.2) is 63.7 Å². The number of rotatable bonds is 6. The van der Waals surface area contributed by atoms with E-state index in [1.165, 1.54) is 6.26 Å². The Morgan fingerprint density at radius 1 is 1.16 bits per heavy atom. The van der Waals surface area contributed by atoms with E-state index in [-0.39, 0.29) is 17.6 Å². The number of carbonyl (C=O) groups excluding carboxylic acids is 1. The van der Waals surface area contributed by atoms with Gasteiger partial charge in [-0.3, -0.25) is 4.79 Å². The van der Waals surface area contributed by atoms with Crippen LogP contribution >= 0.6 is 11.3 Å². The summed E-state index contributed by atoms with van der Waals surface area (Å²) in [6, 6.07) is 14.9. The maximum Gasteiger partial charge on any atom is 0.287 e. The lowest BCUT2D eigenvalue weighted by molar-refractivity contribution is 0.0885. The van der Waals surface area contributed by atoms with Crippen molar-refractivity contribution in [3.05, 3.63) is 72.1 Å². The molecular weight excluding hydrogens is 426 g/mol. The van der Waals surface area contributed by atoms with Crippen LogP contribution in [0.2, 0.25) is 0 Å². The average Bonchev–Trinajstić information content (AvgIpc) is 3.57. The van der Waals surface area contributed by atoms with Gasteiger partial charge < -0.3 is 14.3 Å². The van der Waals surface area contributed by atoms with Gasteiger partial charge in [-0.15, -0.1) is 11.3 Å². The Labute approximate surface area is 187 Å². The molecule has 162 valence electrons. The number of hydrogen-bond donors (Lipinski definition) is 1. The Balaban J connectivity index is 1.46. The monoisotopic (exact) mass is 447 g/mol. The number of nitrogens with one attached hydrogen (secondary N) is 1. The second-order valence-electron chi connectivity index (χ2n) is 7.79. The van der Waals surface area contributed by atoms with E-state index < -0.39 is 6.04 Å². The number of aromatic nitrogens is 4. The lowest BCUT2D eigenvalue weighted by Crippen LogP contribution is -2.31. The van der Waals surface area contributed by atoms with E-state index in [2.05, 4.69) is 20.6 Å². The van der Waals surface area contributed by atoms with Crippen molar-refractivity contribution < 1.29 is 13.7 Å². The Kier molecular flexibility index (Phi) is 5.10. The van der Waals surface area contributed by atoms with Crippen molar-refractivity contribution in [1.29, 1.82) is 0 Å². The molecule has 8 nitrogen and oxygen atoms in total. The van der Waals surface area contributed by atoms with E-state index in [9.17, 15) is 4.79 Å². The van der Waals surface area contributed by atoms with Crippen molar-refractivity contribution in [1.82, 2.24) is 25.2 Å². The quantitative estimate of drug-likeness (QED) is 0.386. The van der Waals surface area contributed by atoms with Gasteiger partial charge >= 0.3 is 0 Å². The van der Waals surface area contributed by atoms with Gasteiger partial charge in [0.05, 0.1) is 22.5 Å². The molecular formula is C23H21N5O3S. The zero-order chi connectivity index (χ0) is 22.2. The third-order valence-electron chi connectivity index (χ3n) is 5.17. The number of furan rings is 1. The number of carbonyl (C=O) groups is 1. The summed E-state index contributed by atoms with van der Waals surface area (Å²) in [6.45, 7) is 5.95. The third-order valence-corrected chi connectivity index (χ3v) is 6.28. The highest BCUT2D eigenvalue weighted by Crippen LogP contribution is 2.35. The van der Waals surface area contributed by atoms with Crippen LogP contribution < -0.4 is 5.32 Å². The number of amides is 1. The molecule has 0 unspecified atom stereocenters. The fourth-order valence-corrected chi connectivity index (χ4v) is 4.61. The molecule has 0 aliphatic rings. The predicted octanol–water partition coefficient (Wildman–Crippen LogP) is 5.17. The Hall–Kier alpha value is -3.72. The maximum atomic E-state index is 12.5. The van der Waals surface area contributed by atoms with Crippen molar-refractivity contribution in [3.63, 3.8) is 0 Å². The molecule has 0 fully saturated rings. The van der Waals surface area contributed by atoms with Crippen LogP contribution in [-0.2, 0) is 0 Å². The molecule has 4 aromatic heterocycles.